The van der Waals surface area contributed by atoms with Crippen molar-refractivity contribution in [1.29, 1.82) is 0 Å². The zero-order chi connectivity index (χ0) is 18.6. The Morgan fingerprint density at radius 1 is 0.923 bits per heavy atom. The van der Waals surface area contributed by atoms with Gasteiger partial charge in [0, 0.05) is 0 Å². The molecule has 1 aliphatic rings. The Morgan fingerprint density at radius 3 is 2.19 bits per heavy atom. The van der Waals surface area contributed by atoms with Crippen LogP contribution in [0.4, 0.5) is 0 Å². The van der Waals surface area contributed by atoms with Gasteiger partial charge in [0.15, 0.2) is 9.84 Å². The maximum atomic E-state index is 12.6. The lowest BCUT2D eigenvalue weighted by Crippen LogP contribution is -2.23. The Bertz CT molecular complexity index is 910. The number of hydrogen-bond acceptors (Lipinski definition) is 5. The second-order valence-corrected chi connectivity index (χ2v) is 10.5. The van der Waals surface area contributed by atoms with Crippen molar-refractivity contribution in [3.05, 3.63) is 48.4 Å². The fourth-order valence-electron chi connectivity index (χ4n) is 3.25. The summed E-state index contributed by atoms with van der Waals surface area (Å²) in [5.74, 6) is 0.836. The van der Waals surface area contributed by atoms with Crippen LogP contribution >= 0.6 is 0 Å². The van der Waals surface area contributed by atoms with Crippen LogP contribution in [0.15, 0.2) is 56.9 Å². The molecule has 0 radical (unpaired) electrons. The molecule has 0 aliphatic heterocycles. The van der Waals surface area contributed by atoms with Crippen molar-refractivity contribution in [2.24, 2.45) is 5.92 Å². The Morgan fingerprint density at radius 2 is 1.58 bits per heavy atom. The fraction of sp³-hybridized carbons (Fsp3) is 0.444. The topological polar surface area (TPSA) is 93.5 Å². The molecule has 26 heavy (non-hydrogen) atoms. The summed E-state index contributed by atoms with van der Waals surface area (Å²) in [7, 11) is -7.13. The van der Waals surface area contributed by atoms with Gasteiger partial charge in [0.2, 0.25) is 10.0 Å². The van der Waals surface area contributed by atoms with Crippen LogP contribution in [0.3, 0.4) is 0 Å². The molecule has 1 aliphatic carbocycles. The van der Waals surface area contributed by atoms with Crippen molar-refractivity contribution in [2.45, 2.75) is 48.4 Å². The predicted molar refractivity (Wildman–Crippen MR) is 97.8 cm³/mol. The van der Waals surface area contributed by atoms with Gasteiger partial charge in [0.25, 0.3) is 0 Å². The van der Waals surface area contributed by atoms with Gasteiger partial charge in [-0.1, -0.05) is 19.3 Å². The molecule has 1 heterocycles. The summed E-state index contributed by atoms with van der Waals surface area (Å²) in [6, 6.07) is 8.76. The summed E-state index contributed by atoms with van der Waals surface area (Å²) in [5.41, 5.74) is 0. The van der Waals surface area contributed by atoms with Crippen molar-refractivity contribution in [3.8, 4) is 0 Å². The van der Waals surface area contributed by atoms with Crippen molar-refractivity contribution < 1.29 is 21.3 Å². The molecule has 142 valence electrons. The van der Waals surface area contributed by atoms with Gasteiger partial charge in [-0.25, -0.2) is 21.6 Å². The summed E-state index contributed by atoms with van der Waals surface area (Å²) >= 11 is 0. The highest BCUT2D eigenvalue weighted by Crippen LogP contribution is 2.27. The largest absolute Gasteiger partial charge is 0.468 e. The SMILES string of the molecule is O=S(=O)(CC1CCCCC1)c1ccc(S(=O)(=O)NCc2ccco2)cc1. The Hall–Kier alpha value is -1.64. The maximum Gasteiger partial charge on any atom is 0.240 e. The maximum absolute atomic E-state index is 12.6. The summed E-state index contributed by atoms with van der Waals surface area (Å²) in [6.45, 7) is 0.0388. The van der Waals surface area contributed by atoms with Crippen molar-refractivity contribution in [3.63, 3.8) is 0 Å². The van der Waals surface area contributed by atoms with Crippen LogP contribution in [0.1, 0.15) is 37.9 Å². The van der Waals surface area contributed by atoms with E-state index >= 15 is 0 Å². The third-order valence-electron chi connectivity index (χ3n) is 4.69. The lowest BCUT2D eigenvalue weighted by Gasteiger charge is -2.21. The molecule has 0 atom stereocenters. The van der Waals surface area contributed by atoms with Gasteiger partial charge in [-0.15, -0.1) is 0 Å². The molecule has 2 aromatic rings. The summed E-state index contributed by atoms with van der Waals surface area (Å²) in [6.07, 6.45) is 6.70. The molecular formula is C18H23NO5S2. The Balaban J connectivity index is 1.68. The first-order valence-corrected chi connectivity index (χ1v) is 11.9. The number of furan rings is 1. The van der Waals surface area contributed by atoms with Crippen LogP contribution in [0.25, 0.3) is 0 Å². The number of sulfone groups is 1. The first-order chi connectivity index (χ1) is 12.4. The van der Waals surface area contributed by atoms with Gasteiger partial charge in [-0.05, 0) is 55.2 Å². The molecule has 1 N–H and O–H groups in total. The zero-order valence-corrected chi connectivity index (χ0v) is 16.1. The lowest BCUT2D eigenvalue weighted by atomic mass is 9.91. The molecule has 0 bridgehead atoms. The van der Waals surface area contributed by atoms with Crippen LogP contribution in [-0.4, -0.2) is 22.6 Å². The van der Waals surface area contributed by atoms with Gasteiger partial charge >= 0.3 is 0 Å². The van der Waals surface area contributed by atoms with E-state index in [9.17, 15) is 16.8 Å². The normalized spacial score (nSPS) is 16.6. The van der Waals surface area contributed by atoms with Gasteiger partial charge < -0.3 is 4.42 Å². The number of nitrogens with one attached hydrogen (secondary N) is 1. The van der Waals surface area contributed by atoms with Gasteiger partial charge in [-0.2, -0.15) is 0 Å². The van der Waals surface area contributed by atoms with E-state index < -0.39 is 19.9 Å². The summed E-state index contributed by atoms with van der Waals surface area (Å²) in [4.78, 5) is 0.203. The molecule has 8 heteroatoms. The summed E-state index contributed by atoms with van der Waals surface area (Å²) < 4.78 is 57.3. The average Bonchev–Trinajstić information content (AvgIpc) is 3.14. The first kappa shape index (κ1) is 19.1. The molecule has 0 unspecified atom stereocenters. The smallest absolute Gasteiger partial charge is 0.240 e. The van der Waals surface area contributed by atoms with Gasteiger partial charge in [0.05, 0.1) is 28.4 Å². The molecule has 0 amide bonds. The average molecular weight is 398 g/mol. The van der Waals surface area contributed by atoms with Crippen molar-refractivity contribution >= 4 is 19.9 Å². The predicted octanol–water partition coefficient (Wildman–Crippen LogP) is 3.11. The van der Waals surface area contributed by atoms with E-state index in [0.717, 1.165) is 25.7 Å². The van der Waals surface area contributed by atoms with Crippen LogP contribution < -0.4 is 4.72 Å². The minimum Gasteiger partial charge on any atom is -0.468 e. The van der Waals surface area contributed by atoms with E-state index in [4.69, 9.17) is 4.42 Å². The van der Waals surface area contributed by atoms with E-state index in [1.165, 1.54) is 36.9 Å². The van der Waals surface area contributed by atoms with E-state index in [1.54, 1.807) is 12.1 Å². The molecule has 1 aromatic carbocycles. The highest BCUT2D eigenvalue weighted by molar-refractivity contribution is 7.91. The van der Waals surface area contributed by atoms with E-state index in [1.807, 2.05) is 0 Å². The minimum atomic E-state index is -3.73. The highest BCUT2D eigenvalue weighted by atomic mass is 32.2. The molecular weight excluding hydrogens is 374 g/mol. The monoisotopic (exact) mass is 397 g/mol. The highest BCUT2D eigenvalue weighted by Gasteiger charge is 2.24. The molecule has 3 rings (SSSR count). The van der Waals surface area contributed by atoms with Crippen LogP contribution in [0, 0.1) is 5.92 Å². The van der Waals surface area contributed by atoms with E-state index in [-0.39, 0.29) is 28.0 Å². The van der Waals surface area contributed by atoms with Crippen LogP contribution in [-0.2, 0) is 26.4 Å². The standard InChI is InChI=1S/C18H23NO5S2/c20-25(21,14-15-5-2-1-3-6-15)17-8-10-18(11-9-17)26(22,23)19-13-16-7-4-12-24-16/h4,7-12,15,19H,1-3,5-6,13-14H2. The number of hydrogen-bond donors (Lipinski definition) is 1. The Labute approximate surface area is 154 Å². The fourth-order valence-corrected chi connectivity index (χ4v) is 5.94. The Kier molecular flexibility index (Phi) is 5.84. The quantitative estimate of drug-likeness (QED) is 0.775. The lowest BCUT2D eigenvalue weighted by molar-refractivity contribution is 0.385. The number of benzene rings is 1. The molecule has 0 saturated heterocycles. The second kappa shape index (κ2) is 7.94. The molecule has 1 saturated carbocycles. The van der Waals surface area contributed by atoms with E-state index in [2.05, 4.69) is 4.72 Å². The van der Waals surface area contributed by atoms with Gasteiger partial charge in [0.1, 0.15) is 5.76 Å². The second-order valence-electron chi connectivity index (χ2n) is 6.66. The van der Waals surface area contributed by atoms with Crippen molar-refractivity contribution in [1.82, 2.24) is 4.72 Å². The zero-order valence-electron chi connectivity index (χ0n) is 14.4. The third-order valence-corrected chi connectivity index (χ3v) is 8.01. The summed E-state index contributed by atoms with van der Waals surface area (Å²) in [5, 5.41) is 0. The molecule has 0 spiro atoms. The molecule has 1 fully saturated rings. The van der Waals surface area contributed by atoms with Crippen molar-refractivity contribution in [2.75, 3.05) is 5.75 Å². The van der Waals surface area contributed by atoms with Crippen LogP contribution in [0.5, 0.6) is 0 Å². The van der Waals surface area contributed by atoms with Gasteiger partial charge in [-0.3, -0.25) is 0 Å². The number of rotatable bonds is 7. The first-order valence-electron chi connectivity index (χ1n) is 8.72. The molecule has 1 aromatic heterocycles. The number of sulfonamides is 1. The third kappa shape index (κ3) is 4.75. The minimum absolute atomic E-state index is 0.0284. The van der Waals surface area contributed by atoms with E-state index in [0.29, 0.717) is 5.76 Å². The van der Waals surface area contributed by atoms with Crippen LogP contribution in [0.2, 0.25) is 0 Å². The molecule has 6 nitrogen and oxygen atoms in total.